The molecular weight excluding hydrogens is 458 g/mol. The minimum absolute atomic E-state index is 0.205. The summed E-state index contributed by atoms with van der Waals surface area (Å²) in [7, 11) is 0. The molecule has 3 aromatic rings. The van der Waals surface area contributed by atoms with Gasteiger partial charge in [-0.1, -0.05) is 48.2 Å². The van der Waals surface area contributed by atoms with Crippen molar-refractivity contribution in [3.63, 3.8) is 0 Å². The Morgan fingerprint density at radius 2 is 1.86 bits per heavy atom. The topological polar surface area (TPSA) is 87.4 Å². The number of thioether (sulfide) groups is 1. The number of benzene rings is 2. The molecule has 8 nitrogen and oxygen atoms in total. The molecule has 184 valence electrons. The van der Waals surface area contributed by atoms with Gasteiger partial charge in [0.2, 0.25) is 0 Å². The number of aromatic nitrogens is 3. The average Bonchev–Trinajstić information content (AvgIpc) is 3.26. The summed E-state index contributed by atoms with van der Waals surface area (Å²) in [4.78, 5) is 14.9. The van der Waals surface area contributed by atoms with Crippen LogP contribution in [0.4, 0.5) is 11.4 Å². The molecule has 0 aliphatic heterocycles. The summed E-state index contributed by atoms with van der Waals surface area (Å²) in [5.74, 6) is 0.568. The fourth-order valence-corrected chi connectivity index (χ4v) is 4.29. The Morgan fingerprint density at radius 1 is 1.14 bits per heavy atom. The standard InChI is InChI=1S/C26H33N7OS/c1-5-17-33-24(19-27-22-11-9-8-10-12-22)29-31-26(33)35-20(4)25(34)30-28-18-21-13-15-23(16-14-21)32(6-2)7-3/h5,8-16,18,20,27H,1,6-7,17,19H2,2-4H3,(H,30,34)/b28-18+. The lowest BCUT2D eigenvalue weighted by atomic mass is 10.2. The van der Waals surface area contributed by atoms with Gasteiger partial charge in [-0.05, 0) is 50.6 Å². The minimum Gasteiger partial charge on any atom is -0.378 e. The van der Waals surface area contributed by atoms with Crippen LogP contribution in [0.25, 0.3) is 0 Å². The molecule has 2 N–H and O–H groups in total. The highest BCUT2D eigenvalue weighted by molar-refractivity contribution is 8.00. The molecule has 0 fully saturated rings. The molecule has 1 heterocycles. The first kappa shape index (κ1) is 26.0. The number of hydrazone groups is 1. The second-order valence-corrected chi connectivity index (χ2v) is 9.08. The predicted octanol–water partition coefficient (Wildman–Crippen LogP) is 4.55. The van der Waals surface area contributed by atoms with E-state index in [-0.39, 0.29) is 5.91 Å². The van der Waals surface area contributed by atoms with Crippen LogP contribution in [-0.4, -0.2) is 45.2 Å². The summed E-state index contributed by atoms with van der Waals surface area (Å²) < 4.78 is 1.96. The van der Waals surface area contributed by atoms with Crippen LogP contribution in [0.1, 0.15) is 32.2 Å². The van der Waals surface area contributed by atoms with E-state index in [0.29, 0.717) is 18.2 Å². The van der Waals surface area contributed by atoms with Crippen molar-refractivity contribution in [1.82, 2.24) is 20.2 Å². The lowest BCUT2D eigenvalue weighted by Crippen LogP contribution is -2.27. The van der Waals surface area contributed by atoms with E-state index in [1.807, 2.05) is 54.0 Å². The van der Waals surface area contributed by atoms with Crippen molar-refractivity contribution in [2.24, 2.45) is 5.10 Å². The molecular formula is C26H33N7OS. The van der Waals surface area contributed by atoms with Crippen molar-refractivity contribution in [2.75, 3.05) is 23.3 Å². The van der Waals surface area contributed by atoms with Gasteiger partial charge in [0, 0.05) is 31.0 Å². The van der Waals surface area contributed by atoms with Crippen molar-refractivity contribution in [3.05, 3.63) is 78.6 Å². The predicted molar refractivity (Wildman–Crippen MR) is 145 cm³/mol. The molecule has 0 radical (unpaired) electrons. The molecule has 1 atom stereocenters. The highest BCUT2D eigenvalue weighted by Crippen LogP contribution is 2.23. The third-order valence-corrected chi connectivity index (χ3v) is 6.47. The van der Waals surface area contributed by atoms with Gasteiger partial charge in [-0.15, -0.1) is 16.8 Å². The first-order chi connectivity index (χ1) is 17.0. The molecule has 0 bridgehead atoms. The molecule has 0 spiro atoms. The molecule has 0 saturated carbocycles. The zero-order chi connectivity index (χ0) is 25.0. The van der Waals surface area contributed by atoms with E-state index in [2.05, 4.69) is 63.5 Å². The Bertz CT molecular complexity index is 1110. The number of carbonyl (C=O) groups excluding carboxylic acids is 1. The smallest absolute Gasteiger partial charge is 0.253 e. The van der Waals surface area contributed by atoms with E-state index in [1.54, 1.807) is 12.3 Å². The van der Waals surface area contributed by atoms with Gasteiger partial charge in [-0.3, -0.25) is 4.79 Å². The van der Waals surface area contributed by atoms with E-state index in [1.165, 1.54) is 17.4 Å². The van der Waals surface area contributed by atoms with Gasteiger partial charge in [0.1, 0.15) is 0 Å². The molecule has 1 aromatic heterocycles. The third kappa shape index (κ3) is 7.45. The number of carbonyl (C=O) groups is 1. The van der Waals surface area contributed by atoms with E-state index in [4.69, 9.17) is 0 Å². The number of para-hydroxylation sites is 1. The number of hydrogen-bond donors (Lipinski definition) is 2. The quantitative estimate of drug-likeness (QED) is 0.158. The van der Waals surface area contributed by atoms with Gasteiger partial charge < -0.3 is 14.8 Å². The van der Waals surface area contributed by atoms with Crippen molar-refractivity contribution in [1.29, 1.82) is 0 Å². The second kappa shape index (κ2) is 13.3. The number of hydrogen-bond acceptors (Lipinski definition) is 7. The maximum absolute atomic E-state index is 12.6. The van der Waals surface area contributed by atoms with Gasteiger partial charge in [0.15, 0.2) is 11.0 Å². The number of allylic oxidation sites excluding steroid dienone is 1. The maximum atomic E-state index is 12.6. The zero-order valence-electron chi connectivity index (χ0n) is 20.5. The van der Waals surface area contributed by atoms with E-state index >= 15 is 0 Å². The number of nitrogens with zero attached hydrogens (tertiary/aromatic N) is 5. The normalized spacial score (nSPS) is 11.9. The van der Waals surface area contributed by atoms with Crippen LogP contribution in [-0.2, 0) is 17.9 Å². The molecule has 35 heavy (non-hydrogen) atoms. The highest BCUT2D eigenvalue weighted by Gasteiger charge is 2.19. The number of anilines is 2. The molecule has 1 unspecified atom stereocenters. The van der Waals surface area contributed by atoms with E-state index in [9.17, 15) is 4.79 Å². The molecule has 0 saturated heterocycles. The fourth-order valence-electron chi connectivity index (χ4n) is 3.42. The monoisotopic (exact) mass is 491 g/mol. The SMILES string of the molecule is C=CCn1c(CNc2ccccc2)nnc1SC(C)C(=O)N/N=C/c1ccc(N(CC)CC)cc1. The molecule has 1 amide bonds. The summed E-state index contributed by atoms with van der Waals surface area (Å²) in [6, 6.07) is 18.0. The maximum Gasteiger partial charge on any atom is 0.253 e. The number of rotatable bonds is 13. The Balaban J connectivity index is 1.56. The second-order valence-electron chi connectivity index (χ2n) is 7.78. The lowest BCUT2D eigenvalue weighted by Gasteiger charge is -2.20. The molecule has 0 aliphatic rings. The number of nitrogens with one attached hydrogen (secondary N) is 2. The Kier molecular flexibility index (Phi) is 9.92. The van der Waals surface area contributed by atoms with Gasteiger partial charge in [0.25, 0.3) is 5.91 Å². The van der Waals surface area contributed by atoms with Crippen LogP contribution in [0.15, 0.2) is 77.5 Å². The summed E-state index contributed by atoms with van der Waals surface area (Å²) in [5, 5.41) is 16.3. The van der Waals surface area contributed by atoms with Crippen LogP contribution in [0.3, 0.4) is 0 Å². The Hall–Kier alpha value is -3.59. The largest absolute Gasteiger partial charge is 0.378 e. The minimum atomic E-state index is -0.403. The summed E-state index contributed by atoms with van der Waals surface area (Å²) in [6.45, 7) is 12.9. The van der Waals surface area contributed by atoms with Gasteiger partial charge in [0.05, 0.1) is 18.0 Å². The molecule has 3 rings (SSSR count). The first-order valence-corrected chi connectivity index (χ1v) is 12.6. The van der Waals surface area contributed by atoms with Crippen molar-refractivity contribution in [3.8, 4) is 0 Å². The summed E-state index contributed by atoms with van der Waals surface area (Å²) in [6.07, 6.45) is 3.44. The lowest BCUT2D eigenvalue weighted by molar-refractivity contribution is -0.120. The van der Waals surface area contributed by atoms with Crippen LogP contribution in [0, 0.1) is 0 Å². The average molecular weight is 492 g/mol. The molecule has 9 heteroatoms. The highest BCUT2D eigenvalue weighted by atomic mass is 32.2. The van der Waals surface area contributed by atoms with Crippen LogP contribution in [0.2, 0.25) is 0 Å². The summed E-state index contributed by atoms with van der Waals surface area (Å²) in [5.41, 5.74) is 5.72. The van der Waals surface area contributed by atoms with E-state index in [0.717, 1.165) is 30.2 Å². The van der Waals surface area contributed by atoms with Gasteiger partial charge >= 0.3 is 0 Å². The molecule has 2 aromatic carbocycles. The number of amides is 1. The van der Waals surface area contributed by atoms with Gasteiger partial charge in [-0.25, -0.2) is 5.43 Å². The van der Waals surface area contributed by atoms with E-state index < -0.39 is 5.25 Å². The fraction of sp³-hybridized carbons (Fsp3) is 0.308. The Labute approximate surface area is 211 Å². The van der Waals surface area contributed by atoms with Crippen LogP contribution in [0.5, 0.6) is 0 Å². The van der Waals surface area contributed by atoms with Crippen LogP contribution >= 0.6 is 11.8 Å². The zero-order valence-corrected chi connectivity index (χ0v) is 21.3. The van der Waals surface area contributed by atoms with Crippen molar-refractivity contribution < 1.29 is 4.79 Å². The first-order valence-electron chi connectivity index (χ1n) is 11.7. The van der Waals surface area contributed by atoms with Crippen LogP contribution < -0.4 is 15.6 Å². The molecule has 0 aliphatic carbocycles. The summed E-state index contributed by atoms with van der Waals surface area (Å²) >= 11 is 1.34. The van der Waals surface area contributed by atoms with Crippen molar-refractivity contribution >= 4 is 35.3 Å². The van der Waals surface area contributed by atoms with Crippen molar-refractivity contribution in [2.45, 2.75) is 44.3 Å². The third-order valence-electron chi connectivity index (χ3n) is 5.39. The van der Waals surface area contributed by atoms with Gasteiger partial charge in [-0.2, -0.15) is 5.10 Å². The Morgan fingerprint density at radius 3 is 2.51 bits per heavy atom.